The summed E-state index contributed by atoms with van der Waals surface area (Å²) in [6.07, 6.45) is 5.05. The van der Waals surface area contributed by atoms with Gasteiger partial charge in [0.2, 0.25) is 5.91 Å². The van der Waals surface area contributed by atoms with Gasteiger partial charge < -0.3 is 11.1 Å². The largest absolute Gasteiger partial charge is 0.327 e. The normalized spacial score (nSPS) is 16.1. The minimum Gasteiger partial charge on any atom is -0.327 e. The molecule has 1 aromatic carbocycles. The van der Waals surface area contributed by atoms with Crippen LogP contribution in [0.25, 0.3) is 0 Å². The van der Waals surface area contributed by atoms with Crippen LogP contribution >= 0.6 is 0 Å². The third kappa shape index (κ3) is 3.07. The van der Waals surface area contributed by atoms with E-state index in [-0.39, 0.29) is 11.9 Å². The number of anilines is 1. The van der Waals surface area contributed by atoms with Crippen molar-refractivity contribution in [3.05, 3.63) is 29.3 Å². The molecule has 2 rings (SSSR count). The summed E-state index contributed by atoms with van der Waals surface area (Å²) in [6, 6.07) is 6.08. The van der Waals surface area contributed by atoms with E-state index in [2.05, 4.69) is 11.4 Å². The van der Waals surface area contributed by atoms with Gasteiger partial charge in [-0.1, -0.05) is 12.1 Å². The van der Waals surface area contributed by atoms with Crippen LogP contribution in [-0.4, -0.2) is 11.9 Å². The molecule has 0 heterocycles. The molecular formula is C14H20N2O. The van der Waals surface area contributed by atoms with E-state index in [9.17, 15) is 4.79 Å². The summed E-state index contributed by atoms with van der Waals surface area (Å²) < 4.78 is 0. The molecule has 0 aliphatic heterocycles. The monoisotopic (exact) mass is 232 g/mol. The second-order valence-corrected chi connectivity index (χ2v) is 4.88. The molecule has 1 aliphatic rings. The highest BCUT2D eigenvalue weighted by atomic mass is 16.1. The topological polar surface area (TPSA) is 55.1 Å². The third-order valence-electron chi connectivity index (χ3n) is 3.18. The number of nitrogens with one attached hydrogen (secondary N) is 1. The van der Waals surface area contributed by atoms with Gasteiger partial charge in [0.1, 0.15) is 0 Å². The van der Waals surface area contributed by atoms with Gasteiger partial charge in [-0.2, -0.15) is 0 Å². The minimum absolute atomic E-state index is 0.0129. The Hall–Kier alpha value is -1.35. The van der Waals surface area contributed by atoms with Crippen LogP contribution in [0.3, 0.4) is 0 Å². The molecule has 0 fully saturated rings. The lowest BCUT2D eigenvalue weighted by molar-refractivity contribution is -0.116. The van der Waals surface area contributed by atoms with Crippen LogP contribution in [0, 0.1) is 0 Å². The van der Waals surface area contributed by atoms with Crippen molar-refractivity contribution in [1.29, 1.82) is 0 Å². The van der Waals surface area contributed by atoms with Crippen molar-refractivity contribution in [2.75, 3.05) is 5.32 Å². The van der Waals surface area contributed by atoms with Crippen molar-refractivity contribution in [2.24, 2.45) is 5.73 Å². The number of nitrogens with two attached hydrogens (primary N) is 1. The molecule has 0 spiro atoms. The number of aryl methyl sites for hydroxylation is 1. The van der Waals surface area contributed by atoms with Crippen molar-refractivity contribution in [1.82, 2.24) is 0 Å². The third-order valence-corrected chi connectivity index (χ3v) is 3.18. The molecule has 3 nitrogen and oxygen atoms in total. The fraction of sp³-hybridized carbons (Fsp3) is 0.500. The average Bonchev–Trinajstić information content (AvgIpc) is 2.28. The first-order valence-corrected chi connectivity index (χ1v) is 6.33. The van der Waals surface area contributed by atoms with E-state index in [0.29, 0.717) is 6.42 Å². The van der Waals surface area contributed by atoms with Crippen molar-refractivity contribution >= 4 is 11.6 Å². The number of amides is 1. The van der Waals surface area contributed by atoms with Crippen molar-refractivity contribution < 1.29 is 4.79 Å². The highest BCUT2D eigenvalue weighted by Crippen LogP contribution is 2.27. The molecule has 1 amide bonds. The summed E-state index contributed by atoms with van der Waals surface area (Å²) in [7, 11) is 0. The molecule has 1 unspecified atom stereocenters. The van der Waals surface area contributed by atoms with Gasteiger partial charge in [-0.25, -0.2) is 0 Å². The Morgan fingerprint density at radius 2 is 2.18 bits per heavy atom. The van der Waals surface area contributed by atoms with Crippen LogP contribution < -0.4 is 11.1 Å². The van der Waals surface area contributed by atoms with E-state index in [4.69, 9.17) is 5.73 Å². The van der Waals surface area contributed by atoms with Gasteiger partial charge >= 0.3 is 0 Å². The number of hydrogen-bond acceptors (Lipinski definition) is 2. The molecule has 0 saturated carbocycles. The maximum Gasteiger partial charge on any atom is 0.225 e. The van der Waals surface area contributed by atoms with Crippen LogP contribution in [0.4, 0.5) is 5.69 Å². The van der Waals surface area contributed by atoms with Crippen LogP contribution in [0.5, 0.6) is 0 Å². The SMILES string of the molecule is CC(N)CC(=O)Nc1cccc2c1CCCC2. The quantitative estimate of drug-likeness (QED) is 0.839. The number of fused-ring (bicyclic) bond motifs is 1. The van der Waals surface area contributed by atoms with Crippen molar-refractivity contribution in [2.45, 2.75) is 45.1 Å². The smallest absolute Gasteiger partial charge is 0.225 e. The predicted molar refractivity (Wildman–Crippen MR) is 70.0 cm³/mol. The Morgan fingerprint density at radius 1 is 1.41 bits per heavy atom. The second kappa shape index (κ2) is 5.32. The standard InChI is InChI=1S/C14H20N2O/c1-10(15)9-14(17)16-13-8-4-6-11-5-2-3-7-12(11)13/h4,6,8,10H,2-3,5,7,9,15H2,1H3,(H,16,17). The lowest BCUT2D eigenvalue weighted by Crippen LogP contribution is -2.24. The minimum atomic E-state index is -0.0884. The number of benzene rings is 1. The van der Waals surface area contributed by atoms with Gasteiger partial charge in [0, 0.05) is 18.2 Å². The lowest BCUT2D eigenvalue weighted by atomic mass is 9.90. The summed E-state index contributed by atoms with van der Waals surface area (Å²) in [5.41, 5.74) is 9.30. The first-order chi connectivity index (χ1) is 8.16. The van der Waals surface area contributed by atoms with Gasteiger partial charge in [0.15, 0.2) is 0 Å². The molecule has 0 radical (unpaired) electrons. The fourth-order valence-corrected chi connectivity index (χ4v) is 2.39. The van der Waals surface area contributed by atoms with Gasteiger partial charge in [-0.15, -0.1) is 0 Å². The first-order valence-electron chi connectivity index (χ1n) is 6.33. The van der Waals surface area contributed by atoms with Crippen LogP contribution in [0.1, 0.15) is 37.3 Å². The summed E-state index contributed by atoms with van der Waals surface area (Å²) >= 11 is 0. The molecule has 3 heteroatoms. The Bertz CT molecular complexity index is 413. The molecule has 3 N–H and O–H groups in total. The lowest BCUT2D eigenvalue weighted by Gasteiger charge is -2.19. The molecular weight excluding hydrogens is 212 g/mol. The highest BCUT2D eigenvalue weighted by Gasteiger charge is 2.14. The van der Waals surface area contributed by atoms with E-state index < -0.39 is 0 Å². The van der Waals surface area contributed by atoms with Crippen molar-refractivity contribution in [3.8, 4) is 0 Å². The van der Waals surface area contributed by atoms with Gasteiger partial charge in [0.25, 0.3) is 0 Å². The molecule has 0 aromatic heterocycles. The van der Waals surface area contributed by atoms with Crippen LogP contribution in [0.2, 0.25) is 0 Å². The summed E-state index contributed by atoms with van der Waals surface area (Å²) in [4.78, 5) is 11.7. The zero-order valence-corrected chi connectivity index (χ0v) is 10.3. The predicted octanol–water partition coefficient (Wildman–Crippen LogP) is 2.24. The van der Waals surface area contributed by atoms with Crippen molar-refractivity contribution in [3.63, 3.8) is 0 Å². The van der Waals surface area contributed by atoms with E-state index in [0.717, 1.165) is 18.5 Å². The van der Waals surface area contributed by atoms with Crippen LogP contribution in [0.15, 0.2) is 18.2 Å². The number of carbonyl (C=O) groups is 1. The van der Waals surface area contributed by atoms with Gasteiger partial charge in [-0.3, -0.25) is 4.79 Å². The summed E-state index contributed by atoms with van der Waals surface area (Å²) in [6.45, 7) is 1.85. The molecule has 1 aromatic rings. The summed E-state index contributed by atoms with van der Waals surface area (Å²) in [5, 5.41) is 2.98. The maximum absolute atomic E-state index is 11.7. The Balaban J connectivity index is 2.13. The molecule has 0 saturated heterocycles. The maximum atomic E-state index is 11.7. The average molecular weight is 232 g/mol. The Labute approximate surface area is 102 Å². The summed E-state index contributed by atoms with van der Waals surface area (Å²) in [5.74, 6) is 0.0129. The number of carbonyl (C=O) groups excluding carboxylic acids is 1. The zero-order valence-electron chi connectivity index (χ0n) is 10.3. The highest BCUT2D eigenvalue weighted by molar-refractivity contribution is 5.92. The van der Waals surface area contributed by atoms with Crippen LogP contribution in [-0.2, 0) is 17.6 Å². The number of rotatable bonds is 3. The van der Waals surface area contributed by atoms with Gasteiger partial charge in [0.05, 0.1) is 0 Å². The molecule has 92 valence electrons. The Morgan fingerprint density at radius 3 is 2.94 bits per heavy atom. The number of hydrogen-bond donors (Lipinski definition) is 2. The zero-order chi connectivity index (χ0) is 12.3. The van der Waals surface area contributed by atoms with Gasteiger partial charge in [-0.05, 0) is 49.8 Å². The fourth-order valence-electron chi connectivity index (χ4n) is 2.39. The first kappa shape index (κ1) is 12.1. The van der Waals surface area contributed by atoms with E-state index >= 15 is 0 Å². The second-order valence-electron chi connectivity index (χ2n) is 4.88. The molecule has 1 aliphatic carbocycles. The van der Waals surface area contributed by atoms with E-state index in [1.54, 1.807) is 0 Å². The van der Waals surface area contributed by atoms with E-state index in [1.165, 1.54) is 24.0 Å². The molecule has 17 heavy (non-hydrogen) atoms. The van der Waals surface area contributed by atoms with E-state index in [1.807, 2.05) is 19.1 Å². The molecule has 0 bridgehead atoms. The molecule has 1 atom stereocenters. The Kier molecular flexibility index (Phi) is 3.79.